The quantitative estimate of drug-likeness (QED) is 0.527. The molecular formula is C26H43N5O2. The van der Waals surface area contributed by atoms with Crippen molar-refractivity contribution in [3.8, 4) is 0 Å². The number of aliphatic hydroxyl groups is 1. The highest BCUT2D eigenvalue weighted by atomic mass is 16.3. The molecule has 0 spiro atoms. The molecule has 33 heavy (non-hydrogen) atoms. The SMILES string of the molecule is Cn1c(C2CCC(O)CC2)cnc1[C@H](CC1CCCCN1)NC(=O)C1CC2CCCCC2N1. The van der Waals surface area contributed by atoms with Crippen molar-refractivity contribution < 1.29 is 9.90 Å². The monoisotopic (exact) mass is 457 g/mol. The smallest absolute Gasteiger partial charge is 0.237 e. The van der Waals surface area contributed by atoms with Crippen LogP contribution in [0.5, 0.6) is 0 Å². The molecule has 0 radical (unpaired) electrons. The third-order valence-electron chi connectivity index (χ3n) is 8.92. The second-order valence-corrected chi connectivity index (χ2v) is 11.2. The maximum atomic E-state index is 13.4. The van der Waals surface area contributed by atoms with Crippen molar-refractivity contribution in [1.29, 1.82) is 0 Å². The molecule has 5 atom stereocenters. The molecule has 1 amide bonds. The number of imidazole rings is 1. The van der Waals surface area contributed by atoms with Gasteiger partial charge in [0.1, 0.15) is 5.82 Å². The van der Waals surface area contributed by atoms with Gasteiger partial charge < -0.3 is 25.6 Å². The van der Waals surface area contributed by atoms with Crippen LogP contribution in [0.4, 0.5) is 0 Å². The van der Waals surface area contributed by atoms with Gasteiger partial charge in [0, 0.05) is 36.9 Å². The Bertz CT molecular complexity index is 783. The number of carbonyl (C=O) groups excluding carboxylic acids is 1. The summed E-state index contributed by atoms with van der Waals surface area (Å²) in [6.07, 6.45) is 16.2. The van der Waals surface area contributed by atoms with E-state index in [2.05, 4.69) is 27.6 Å². The van der Waals surface area contributed by atoms with E-state index in [1.54, 1.807) is 0 Å². The molecule has 4 aliphatic rings. The van der Waals surface area contributed by atoms with Crippen molar-refractivity contribution in [3.05, 3.63) is 17.7 Å². The molecular weight excluding hydrogens is 414 g/mol. The Kier molecular flexibility index (Phi) is 7.38. The number of nitrogens with one attached hydrogen (secondary N) is 3. The lowest BCUT2D eigenvalue weighted by atomic mass is 9.85. The summed E-state index contributed by atoms with van der Waals surface area (Å²) in [5, 5.41) is 20.7. The maximum Gasteiger partial charge on any atom is 0.237 e. The van der Waals surface area contributed by atoms with Gasteiger partial charge in [0.05, 0.1) is 18.2 Å². The van der Waals surface area contributed by atoms with Gasteiger partial charge in [-0.05, 0) is 76.7 Å². The third-order valence-corrected chi connectivity index (χ3v) is 8.92. The first-order valence-corrected chi connectivity index (χ1v) is 13.6. The van der Waals surface area contributed by atoms with Crippen molar-refractivity contribution in [2.24, 2.45) is 13.0 Å². The Balaban J connectivity index is 1.31. The molecule has 4 unspecified atom stereocenters. The molecule has 2 aliphatic heterocycles. The van der Waals surface area contributed by atoms with E-state index in [9.17, 15) is 9.90 Å². The number of aromatic nitrogens is 2. The second-order valence-electron chi connectivity index (χ2n) is 11.2. The largest absolute Gasteiger partial charge is 0.393 e. The number of rotatable bonds is 6. The summed E-state index contributed by atoms with van der Waals surface area (Å²) in [6, 6.07) is 0.799. The van der Waals surface area contributed by atoms with Gasteiger partial charge in [0.2, 0.25) is 5.91 Å². The van der Waals surface area contributed by atoms with Crippen LogP contribution in [0.15, 0.2) is 6.20 Å². The van der Waals surface area contributed by atoms with E-state index in [-0.39, 0.29) is 24.1 Å². The van der Waals surface area contributed by atoms with Crippen LogP contribution >= 0.6 is 0 Å². The van der Waals surface area contributed by atoms with Crippen LogP contribution in [0.3, 0.4) is 0 Å². The Labute approximate surface area is 198 Å². The second kappa shape index (κ2) is 10.4. The van der Waals surface area contributed by atoms with Crippen molar-refractivity contribution in [1.82, 2.24) is 25.5 Å². The molecule has 184 valence electrons. The Morgan fingerprint density at radius 1 is 1.15 bits per heavy atom. The van der Waals surface area contributed by atoms with Crippen LogP contribution in [0.2, 0.25) is 0 Å². The van der Waals surface area contributed by atoms with E-state index in [1.807, 2.05) is 6.20 Å². The molecule has 2 saturated heterocycles. The predicted molar refractivity (Wildman–Crippen MR) is 129 cm³/mol. The number of carbonyl (C=O) groups is 1. The zero-order chi connectivity index (χ0) is 22.8. The minimum atomic E-state index is -0.152. The van der Waals surface area contributed by atoms with E-state index in [0.717, 1.165) is 57.3 Å². The fourth-order valence-corrected chi connectivity index (χ4v) is 6.94. The summed E-state index contributed by atoms with van der Waals surface area (Å²) in [7, 11) is 2.11. The standard InChI is InChI=1S/C26H43N5O2/c1-31-24(17-9-11-20(32)12-10-17)16-28-25(31)22(15-19-7-4-5-13-27-19)30-26(33)23-14-18-6-2-3-8-21(18)29-23/h16-23,27,29,32H,2-15H2,1H3,(H,30,33)/t17?,18?,19?,20?,21?,22-,23?/m0/s1. The summed E-state index contributed by atoms with van der Waals surface area (Å²) in [4.78, 5) is 18.3. The molecule has 4 fully saturated rings. The number of piperidine rings is 1. The summed E-state index contributed by atoms with van der Waals surface area (Å²) in [5.41, 5.74) is 1.25. The van der Waals surface area contributed by atoms with Gasteiger partial charge in [-0.2, -0.15) is 0 Å². The van der Waals surface area contributed by atoms with E-state index in [4.69, 9.17) is 4.98 Å². The summed E-state index contributed by atoms with van der Waals surface area (Å²) >= 11 is 0. The van der Waals surface area contributed by atoms with E-state index < -0.39 is 0 Å². The number of amides is 1. The first-order valence-electron chi connectivity index (χ1n) is 13.6. The minimum Gasteiger partial charge on any atom is -0.393 e. The first-order chi connectivity index (χ1) is 16.1. The third kappa shape index (κ3) is 5.30. The molecule has 7 heteroatoms. The van der Waals surface area contributed by atoms with E-state index in [0.29, 0.717) is 23.9 Å². The number of fused-ring (bicyclic) bond motifs is 1. The Hall–Kier alpha value is -1.44. The lowest BCUT2D eigenvalue weighted by molar-refractivity contribution is -0.123. The highest BCUT2D eigenvalue weighted by Gasteiger charge is 2.39. The normalized spacial score (nSPS) is 35.7. The zero-order valence-corrected chi connectivity index (χ0v) is 20.3. The lowest BCUT2D eigenvalue weighted by Gasteiger charge is -2.30. The van der Waals surface area contributed by atoms with Gasteiger partial charge >= 0.3 is 0 Å². The molecule has 0 aromatic carbocycles. The highest BCUT2D eigenvalue weighted by Crippen LogP contribution is 2.35. The summed E-state index contributed by atoms with van der Waals surface area (Å²) in [5.74, 6) is 2.24. The van der Waals surface area contributed by atoms with Crippen LogP contribution in [0.25, 0.3) is 0 Å². The first kappa shape index (κ1) is 23.3. The van der Waals surface area contributed by atoms with Crippen molar-refractivity contribution in [3.63, 3.8) is 0 Å². The molecule has 7 nitrogen and oxygen atoms in total. The van der Waals surface area contributed by atoms with Crippen molar-refractivity contribution in [2.75, 3.05) is 6.54 Å². The molecule has 4 N–H and O–H groups in total. The highest BCUT2D eigenvalue weighted by molar-refractivity contribution is 5.82. The fraction of sp³-hybridized carbons (Fsp3) is 0.846. The topological polar surface area (TPSA) is 91.2 Å². The molecule has 2 saturated carbocycles. The van der Waals surface area contributed by atoms with Crippen LogP contribution < -0.4 is 16.0 Å². The van der Waals surface area contributed by atoms with Crippen molar-refractivity contribution >= 4 is 5.91 Å². The molecule has 1 aromatic heterocycles. The fourth-order valence-electron chi connectivity index (χ4n) is 6.94. The van der Waals surface area contributed by atoms with Crippen LogP contribution in [-0.2, 0) is 11.8 Å². The van der Waals surface area contributed by atoms with E-state index in [1.165, 1.54) is 44.2 Å². The molecule has 1 aromatic rings. The van der Waals surface area contributed by atoms with Gasteiger partial charge in [-0.25, -0.2) is 4.98 Å². The predicted octanol–water partition coefficient (Wildman–Crippen LogP) is 3.05. The molecule has 3 heterocycles. The maximum absolute atomic E-state index is 13.4. The molecule has 0 bridgehead atoms. The van der Waals surface area contributed by atoms with Crippen LogP contribution in [0.1, 0.15) is 107 Å². The van der Waals surface area contributed by atoms with Gasteiger partial charge in [-0.15, -0.1) is 0 Å². The Morgan fingerprint density at radius 2 is 1.94 bits per heavy atom. The number of nitrogens with zero attached hydrogens (tertiary/aromatic N) is 2. The van der Waals surface area contributed by atoms with Gasteiger partial charge in [0.25, 0.3) is 0 Å². The summed E-state index contributed by atoms with van der Waals surface area (Å²) in [6.45, 7) is 1.06. The number of aliphatic hydroxyl groups excluding tert-OH is 1. The minimum absolute atomic E-state index is 0.0699. The molecule has 5 rings (SSSR count). The van der Waals surface area contributed by atoms with E-state index >= 15 is 0 Å². The van der Waals surface area contributed by atoms with Crippen LogP contribution in [0, 0.1) is 5.92 Å². The Morgan fingerprint density at radius 3 is 2.70 bits per heavy atom. The number of hydrogen-bond acceptors (Lipinski definition) is 5. The van der Waals surface area contributed by atoms with Gasteiger partial charge in [0.15, 0.2) is 0 Å². The lowest BCUT2D eigenvalue weighted by Crippen LogP contribution is -2.46. The number of hydrogen-bond donors (Lipinski definition) is 4. The average Bonchev–Trinajstić information content (AvgIpc) is 3.44. The zero-order valence-electron chi connectivity index (χ0n) is 20.3. The van der Waals surface area contributed by atoms with Crippen LogP contribution in [-0.4, -0.2) is 51.3 Å². The summed E-state index contributed by atoms with van der Waals surface area (Å²) < 4.78 is 2.23. The van der Waals surface area contributed by atoms with Gasteiger partial charge in [-0.3, -0.25) is 4.79 Å². The average molecular weight is 458 g/mol. The molecule has 2 aliphatic carbocycles. The van der Waals surface area contributed by atoms with Crippen molar-refractivity contribution in [2.45, 2.75) is 120 Å². The van der Waals surface area contributed by atoms with Gasteiger partial charge in [-0.1, -0.05) is 19.3 Å².